The predicted octanol–water partition coefficient (Wildman–Crippen LogP) is -2.31. The lowest BCUT2D eigenvalue weighted by molar-refractivity contribution is -0.138. The Morgan fingerprint density at radius 2 is 1.12 bits per heavy atom. The van der Waals surface area contributed by atoms with Crippen molar-refractivity contribution in [1.82, 2.24) is 59.1 Å². The summed E-state index contributed by atoms with van der Waals surface area (Å²) < 4.78 is 68.2. The number of sulfonamides is 2. The van der Waals surface area contributed by atoms with Gasteiger partial charge in [0.05, 0.1) is 36.7 Å². The van der Waals surface area contributed by atoms with E-state index in [1.165, 1.54) is 21.8 Å². The highest BCUT2D eigenvalue weighted by Gasteiger charge is 2.49. The summed E-state index contributed by atoms with van der Waals surface area (Å²) in [5, 5.41) is 51.9. The van der Waals surface area contributed by atoms with E-state index in [4.69, 9.17) is 9.47 Å². The Kier molecular flexibility index (Phi) is 15.8. The molecule has 28 heteroatoms. The van der Waals surface area contributed by atoms with Crippen molar-refractivity contribution in [3.8, 4) is 0 Å². The summed E-state index contributed by atoms with van der Waals surface area (Å²) in [6, 6.07) is 8.76. The van der Waals surface area contributed by atoms with Crippen LogP contribution in [-0.4, -0.2) is 157 Å². The SMILES string of the molecule is CCNC(=O)[C@H]1O[C@@H](n2cnc3c(NC)nc(CNS(=O)(=O)C(C)C)nc32)[C@H](O)[C@@H]1O.CCNC(=O)[C@H]1O[C@@H](n2cnc3c(NC)nc(CNS(=O)(=O)Cc4ccccc4)nc32)[C@H](O)[C@@H]1O. The molecule has 26 nitrogen and oxygen atoms in total. The van der Waals surface area contributed by atoms with E-state index in [1.54, 1.807) is 72.1 Å². The van der Waals surface area contributed by atoms with Crippen LogP contribution in [0.15, 0.2) is 43.0 Å². The molecular weight excluding hydrogens is 909 g/mol. The molecule has 6 heterocycles. The summed E-state index contributed by atoms with van der Waals surface area (Å²) in [5.74, 6) is -0.311. The van der Waals surface area contributed by atoms with Gasteiger partial charge in [-0.15, -0.1) is 0 Å². The van der Waals surface area contributed by atoms with Crippen LogP contribution in [0.3, 0.4) is 0 Å². The molecule has 0 saturated carbocycles. The summed E-state index contributed by atoms with van der Waals surface area (Å²) in [4.78, 5) is 50.2. The van der Waals surface area contributed by atoms with Crippen LogP contribution in [0, 0.1) is 0 Å². The van der Waals surface area contributed by atoms with Gasteiger partial charge in [0.2, 0.25) is 20.0 Å². The number of aromatic nitrogens is 8. The average Bonchev–Trinajstić information content (AvgIpc) is 4.05. The van der Waals surface area contributed by atoms with Gasteiger partial charge in [-0.3, -0.25) is 18.7 Å². The zero-order valence-corrected chi connectivity index (χ0v) is 38.4. The van der Waals surface area contributed by atoms with Crippen LogP contribution in [0.4, 0.5) is 11.6 Å². The standard InChI is InChI=1S/C21H27N7O6S.C17H27N7O6S/c1-3-23-20(31)17-15(29)16(30)21(34-17)28-11-24-14-18(22-2)26-13(27-19(14)28)9-25-35(32,33)10-12-7-5-4-6-8-12;1-5-19-16(27)13-11(25)12(26)17(30-13)24-7-20-10-14(18-4)22-9(23-15(10)24)6-21-31(28,29)8(2)3/h4-8,11,15-17,21,25,29-30H,3,9-10H2,1-2H3,(H,23,31)(H,22,26,27);7-8,11-13,17,21,25-26H,5-6H2,1-4H3,(H,19,27)(H,18,22,23)/t15-,16+,17-,21+;11-,12+,13-,17+/m00/s1. The lowest BCUT2D eigenvalue weighted by Crippen LogP contribution is -2.42. The van der Waals surface area contributed by atoms with Crippen molar-refractivity contribution in [2.24, 2.45) is 0 Å². The van der Waals surface area contributed by atoms with E-state index in [2.05, 4.69) is 60.6 Å². The zero-order valence-electron chi connectivity index (χ0n) is 36.7. The number of aliphatic hydroxyl groups is 4. The Morgan fingerprint density at radius 1 is 0.682 bits per heavy atom. The lowest BCUT2D eigenvalue weighted by Gasteiger charge is -2.17. The molecule has 7 rings (SSSR count). The molecule has 0 spiro atoms. The number of hydrogen-bond acceptors (Lipinski definition) is 20. The van der Waals surface area contributed by atoms with Gasteiger partial charge in [0, 0.05) is 27.2 Å². The third-order valence-electron chi connectivity index (χ3n) is 10.4. The molecule has 8 atom stereocenters. The minimum Gasteiger partial charge on any atom is -0.387 e. The first-order valence-corrected chi connectivity index (χ1v) is 23.9. The minimum atomic E-state index is -3.67. The second-order valence-corrected chi connectivity index (χ2v) is 19.4. The molecule has 4 aromatic heterocycles. The van der Waals surface area contributed by atoms with E-state index >= 15 is 0 Å². The largest absolute Gasteiger partial charge is 0.387 e. The van der Waals surface area contributed by atoms with Crippen LogP contribution in [0.25, 0.3) is 22.3 Å². The van der Waals surface area contributed by atoms with Gasteiger partial charge in [-0.2, -0.15) is 0 Å². The van der Waals surface area contributed by atoms with E-state index in [9.17, 15) is 46.9 Å². The predicted molar refractivity (Wildman–Crippen MR) is 236 cm³/mol. The molecule has 5 aromatic rings. The van der Waals surface area contributed by atoms with Crippen molar-refractivity contribution in [3.63, 3.8) is 0 Å². The molecule has 2 aliphatic rings. The van der Waals surface area contributed by atoms with Gasteiger partial charge in [0.15, 0.2) is 58.6 Å². The first-order chi connectivity index (χ1) is 31.3. The minimum absolute atomic E-state index is 0.147. The quantitative estimate of drug-likeness (QED) is 0.0468. The Morgan fingerprint density at radius 3 is 1.53 bits per heavy atom. The van der Waals surface area contributed by atoms with Crippen molar-refractivity contribution in [2.75, 3.05) is 37.8 Å². The number of fused-ring (bicyclic) bond motifs is 2. The molecule has 0 unspecified atom stereocenters. The number of carbonyl (C=O) groups is 2. The van der Waals surface area contributed by atoms with Gasteiger partial charge >= 0.3 is 0 Å². The molecule has 10 N–H and O–H groups in total. The number of benzene rings is 1. The van der Waals surface area contributed by atoms with Crippen LogP contribution >= 0.6 is 0 Å². The Hall–Kier alpha value is -5.56. The monoisotopic (exact) mass is 962 g/mol. The Balaban J connectivity index is 0.000000220. The van der Waals surface area contributed by atoms with E-state index in [0.29, 0.717) is 41.3 Å². The van der Waals surface area contributed by atoms with Crippen molar-refractivity contribution in [1.29, 1.82) is 0 Å². The molecule has 66 heavy (non-hydrogen) atoms. The number of aliphatic hydroxyl groups excluding tert-OH is 4. The third-order valence-corrected chi connectivity index (χ3v) is 13.4. The number of nitrogens with one attached hydrogen (secondary N) is 6. The van der Waals surface area contributed by atoms with Crippen molar-refractivity contribution in [2.45, 2.75) is 101 Å². The van der Waals surface area contributed by atoms with Gasteiger partial charge in [0.25, 0.3) is 11.8 Å². The molecular formula is C38H54N14O12S2. The molecule has 360 valence electrons. The fourth-order valence-corrected chi connectivity index (χ4v) is 8.66. The summed E-state index contributed by atoms with van der Waals surface area (Å²) in [7, 11) is -3.96. The van der Waals surface area contributed by atoms with E-state index in [0.717, 1.165) is 0 Å². The number of rotatable bonds is 17. The van der Waals surface area contributed by atoms with Crippen LogP contribution in [0.5, 0.6) is 0 Å². The van der Waals surface area contributed by atoms with Gasteiger partial charge in [-0.1, -0.05) is 30.3 Å². The molecule has 0 bridgehead atoms. The number of nitrogens with zero attached hydrogens (tertiary/aromatic N) is 8. The van der Waals surface area contributed by atoms with Crippen molar-refractivity contribution in [3.05, 3.63) is 60.2 Å². The normalized spacial score (nSPS) is 23.2. The van der Waals surface area contributed by atoms with Crippen LogP contribution in [0.1, 0.15) is 57.4 Å². The van der Waals surface area contributed by atoms with E-state index < -0.39 is 86.2 Å². The van der Waals surface area contributed by atoms with Gasteiger partial charge in [0.1, 0.15) is 36.1 Å². The van der Waals surface area contributed by atoms with Gasteiger partial charge < -0.3 is 51.2 Å². The average molecular weight is 963 g/mol. The fourth-order valence-electron chi connectivity index (χ4n) is 6.92. The maximum Gasteiger partial charge on any atom is 0.252 e. The summed E-state index contributed by atoms with van der Waals surface area (Å²) >= 11 is 0. The highest BCUT2D eigenvalue weighted by atomic mass is 32.2. The lowest BCUT2D eigenvalue weighted by atomic mass is 10.1. The number of hydrogen-bond donors (Lipinski definition) is 10. The number of amides is 2. The highest BCUT2D eigenvalue weighted by molar-refractivity contribution is 7.90. The van der Waals surface area contributed by atoms with Crippen molar-refractivity contribution >= 4 is 65.8 Å². The summed E-state index contributed by atoms with van der Waals surface area (Å²) in [6.45, 7) is 6.88. The van der Waals surface area contributed by atoms with E-state index in [1.807, 2.05) is 0 Å². The van der Waals surface area contributed by atoms with Crippen LogP contribution in [-0.2, 0) is 58.0 Å². The molecule has 0 aliphatic carbocycles. The first kappa shape index (κ1) is 49.9. The van der Waals surface area contributed by atoms with Crippen LogP contribution < -0.4 is 30.7 Å². The molecule has 0 radical (unpaired) electrons. The molecule has 1 aromatic carbocycles. The van der Waals surface area contributed by atoms with Crippen LogP contribution in [0.2, 0.25) is 0 Å². The van der Waals surface area contributed by atoms with Gasteiger partial charge in [-0.25, -0.2) is 56.2 Å². The summed E-state index contributed by atoms with van der Waals surface area (Å²) in [6.07, 6.45) is -7.87. The highest BCUT2D eigenvalue weighted by Crippen LogP contribution is 2.34. The topological polar surface area (TPSA) is 361 Å². The number of carbonyl (C=O) groups excluding carboxylic acids is 2. The molecule has 2 saturated heterocycles. The van der Waals surface area contributed by atoms with Gasteiger partial charge in [-0.05, 0) is 33.3 Å². The second kappa shape index (κ2) is 20.9. The maximum absolute atomic E-state index is 12.5. The first-order valence-electron chi connectivity index (χ1n) is 20.7. The third kappa shape index (κ3) is 10.8. The fraction of sp³-hybridized carbons (Fsp3) is 0.526. The van der Waals surface area contributed by atoms with E-state index in [-0.39, 0.29) is 41.8 Å². The molecule has 2 fully saturated rings. The molecule has 2 amide bonds. The second-order valence-electron chi connectivity index (χ2n) is 15.3. The smallest absolute Gasteiger partial charge is 0.252 e. The summed E-state index contributed by atoms with van der Waals surface area (Å²) in [5.41, 5.74) is 1.80. The Bertz CT molecular complexity index is 2720. The number of ether oxygens (including phenoxy) is 2. The Labute approximate surface area is 379 Å². The number of anilines is 2. The number of imidazole rings is 2. The zero-order chi connectivity index (χ0) is 48.1. The molecule has 2 aliphatic heterocycles. The number of likely N-dealkylation sites (N-methyl/N-ethyl adjacent to an activating group) is 2. The maximum atomic E-state index is 12.5. The van der Waals surface area contributed by atoms with Crippen molar-refractivity contribution < 1.29 is 56.3 Å².